The third kappa shape index (κ3) is 7.04. The van der Waals surface area contributed by atoms with Crippen LogP contribution in [0.25, 0.3) is 10.8 Å². The van der Waals surface area contributed by atoms with Gasteiger partial charge in [0.15, 0.2) is 0 Å². The van der Waals surface area contributed by atoms with Crippen molar-refractivity contribution >= 4 is 23.2 Å². The van der Waals surface area contributed by atoms with Gasteiger partial charge in [-0.15, -0.1) is 12.4 Å². The van der Waals surface area contributed by atoms with Crippen molar-refractivity contribution in [3.8, 4) is 5.75 Å². The Morgan fingerprint density at radius 1 is 0.828 bits per heavy atom. The molecule has 156 valence electrons. The van der Waals surface area contributed by atoms with Gasteiger partial charge < -0.3 is 14.7 Å². The van der Waals surface area contributed by atoms with E-state index in [-0.39, 0.29) is 12.4 Å². The lowest BCUT2D eigenvalue weighted by Gasteiger charge is -2.18. The Hall–Kier alpha value is -2.07. The molecule has 29 heavy (non-hydrogen) atoms. The lowest BCUT2D eigenvalue weighted by molar-refractivity contribution is 0.0827. The van der Waals surface area contributed by atoms with Crippen molar-refractivity contribution < 1.29 is 9.84 Å². The van der Waals surface area contributed by atoms with Crippen molar-refractivity contribution in [3.63, 3.8) is 0 Å². The van der Waals surface area contributed by atoms with E-state index in [0.29, 0.717) is 13.2 Å². The molecule has 1 atom stereocenters. The number of hydrogen-bond donors (Lipinski definition) is 1. The van der Waals surface area contributed by atoms with Crippen LogP contribution < -0.4 is 4.74 Å². The minimum Gasteiger partial charge on any atom is -0.491 e. The SMILES string of the molecule is CN(C)CC(O)COc1ccccc1CCCCc1cccc2ccccc12.Cl. The van der Waals surface area contributed by atoms with Crippen LogP contribution in [0.1, 0.15) is 24.0 Å². The molecule has 0 bridgehead atoms. The molecule has 0 spiro atoms. The number of halogens is 1. The number of likely N-dealkylation sites (N-methyl/N-ethyl adjacent to an activating group) is 1. The van der Waals surface area contributed by atoms with E-state index in [1.165, 1.54) is 21.9 Å². The van der Waals surface area contributed by atoms with Crippen LogP contribution >= 0.6 is 12.4 Å². The first kappa shape index (κ1) is 23.2. The molecule has 3 rings (SSSR count). The van der Waals surface area contributed by atoms with Gasteiger partial charge in [-0.05, 0) is 67.7 Å². The van der Waals surface area contributed by atoms with E-state index in [4.69, 9.17) is 4.74 Å². The number of unbranched alkanes of at least 4 members (excludes halogenated alkanes) is 1. The highest BCUT2D eigenvalue weighted by molar-refractivity contribution is 5.86. The number of aliphatic hydroxyl groups is 1. The molecule has 0 saturated heterocycles. The molecule has 3 aromatic rings. The Labute approximate surface area is 180 Å². The topological polar surface area (TPSA) is 32.7 Å². The Bertz CT molecular complexity index is 876. The molecule has 0 aliphatic carbocycles. The van der Waals surface area contributed by atoms with Gasteiger partial charge in [0.05, 0.1) is 0 Å². The predicted molar refractivity (Wildman–Crippen MR) is 124 cm³/mol. The molecule has 0 aliphatic rings. The van der Waals surface area contributed by atoms with Crippen molar-refractivity contribution in [3.05, 3.63) is 77.9 Å². The van der Waals surface area contributed by atoms with E-state index in [2.05, 4.69) is 54.6 Å². The summed E-state index contributed by atoms with van der Waals surface area (Å²) in [5.74, 6) is 0.894. The molecule has 4 heteroatoms. The van der Waals surface area contributed by atoms with Crippen LogP contribution in [0.5, 0.6) is 5.75 Å². The second-order valence-corrected chi connectivity index (χ2v) is 7.68. The second-order valence-electron chi connectivity index (χ2n) is 7.68. The molecule has 0 fully saturated rings. The Balaban J connectivity index is 0.00000300. The number of ether oxygens (including phenoxy) is 1. The largest absolute Gasteiger partial charge is 0.491 e. The van der Waals surface area contributed by atoms with Crippen molar-refractivity contribution in [1.82, 2.24) is 4.90 Å². The highest BCUT2D eigenvalue weighted by Gasteiger charge is 2.09. The average Bonchev–Trinajstić information content (AvgIpc) is 2.70. The number of aryl methyl sites for hydroxylation is 2. The summed E-state index contributed by atoms with van der Waals surface area (Å²) in [6.45, 7) is 0.929. The molecule has 1 unspecified atom stereocenters. The summed E-state index contributed by atoms with van der Waals surface area (Å²) in [5, 5.41) is 12.7. The van der Waals surface area contributed by atoms with Crippen LogP contribution in [0.2, 0.25) is 0 Å². The zero-order valence-electron chi connectivity index (χ0n) is 17.4. The van der Waals surface area contributed by atoms with E-state index in [9.17, 15) is 5.11 Å². The van der Waals surface area contributed by atoms with E-state index < -0.39 is 6.10 Å². The summed E-state index contributed by atoms with van der Waals surface area (Å²) in [6.07, 6.45) is 3.86. The first-order chi connectivity index (χ1) is 13.6. The van der Waals surface area contributed by atoms with Crippen molar-refractivity contribution in [2.75, 3.05) is 27.2 Å². The van der Waals surface area contributed by atoms with Crippen molar-refractivity contribution in [2.24, 2.45) is 0 Å². The van der Waals surface area contributed by atoms with Crippen LogP contribution in [0.15, 0.2) is 66.7 Å². The number of para-hydroxylation sites is 1. The summed E-state index contributed by atoms with van der Waals surface area (Å²) in [6, 6.07) is 23.4. The first-order valence-corrected chi connectivity index (χ1v) is 10.1. The van der Waals surface area contributed by atoms with Gasteiger partial charge in [-0.3, -0.25) is 0 Å². The van der Waals surface area contributed by atoms with Gasteiger partial charge in [0.25, 0.3) is 0 Å². The van der Waals surface area contributed by atoms with Gasteiger partial charge >= 0.3 is 0 Å². The quantitative estimate of drug-likeness (QED) is 0.468. The maximum absolute atomic E-state index is 10.0. The molecule has 0 saturated carbocycles. The van der Waals surface area contributed by atoms with Gasteiger partial charge in [-0.2, -0.15) is 0 Å². The molecule has 0 heterocycles. The third-order valence-electron chi connectivity index (χ3n) is 5.00. The van der Waals surface area contributed by atoms with Gasteiger partial charge in [0.1, 0.15) is 18.5 Å². The Morgan fingerprint density at radius 2 is 1.45 bits per heavy atom. The summed E-state index contributed by atoms with van der Waals surface area (Å²) >= 11 is 0. The van der Waals surface area contributed by atoms with Gasteiger partial charge in [-0.1, -0.05) is 60.7 Å². The predicted octanol–water partition coefficient (Wildman–Crippen LogP) is 5.13. The number of fused-ring (bicyclic) bond motifs is 1. The maximum Gasteiger partial charge on any atom is 0.122 e. The fraction of sp³-hybridized carbons (Fsp3) is 0.360. The molecule has 1 N–H and O–H groups in total. The summed E-state index contributed by atoms with van der Waals surface area (Å²) in [4.78, 5) is 1.97. The van der Waals surface area contributed by atoms with Gasteiger partial charge in [0, 0.05) is 6.54 Å². The average molecular weight is 414 g/mol. The number of nitrogens with zero attached hydrogens (tertiary/aromatic N) is 1. The van der Waals surface area contributed by atoms with E-state index in [0.717, 1.165) is 31.4 Å². The van der Waals surface area contributed by atoms with Crippen LogP contribution in [-0.4, -0.2) is 43.4 Å². The molecule has 0 amide bonds. The van der Waals surface area contributed by atoms with Crippen LogP contribution in [0.4, 0.5) is 0 Å². The molecule has 3 aromatic carbocycles. The molecule has 3 nitrogen and oxygen atoms in total. The van der Waals surface area contributed by atoms with Crippen LogP contribution in [0, 0.1) is 0 Å². The number of benzene rings is 3. The minimum atomic E-state index is -0.477. The molecule has 0 radical (unpaired) electrons. The summed E-state index contributed by atoms with van der Waals surface area (Å²) < 4.78 is 5.90. The van der Waals surface area contributed by atoms with E-state index >= 15 is 0 Å². The Kier molecular flexibility index (Phi) is 9.46. The van der Waals surface area contributed by atoms with Crippen LogP contribution in [0.3, 0.4) is 0 Å². The summed E-state index contributed by atoms with van der Waals surface area (Å²) in [7, 11) is 3.90. The van der Waals surface area contributed by atoms with E-state index in [1.807, 2.05) is 31.1 Å². The minimum absolute atomic E-state index is 0. The van der Waals surface area contributed by atoms with Crippen molar-refractivity contribution in [1.29, 1.82) is 0 Å². The fourth-order valence-electron chi connectivity index (χ4n) is 3.65. The lowest BCUT2D eigenvalue weighted by Crippen LogP contribution is -2.30. The Morgan fingerprint density at radius 3 is 2.24 bits per heavy atom. The van der Waals surface area contributed by atoms with E-state index in [1.54, 1.807) is 0 Å². The van der Waals surface area contributed by atoms with Crippen LogP contribution in [-0.2, 0) is 12.8 Å². The monoisotopic (exact) mass is 413 g/mol. The zero-order chi connectivity index (χ0) is 19.8. The second kappa shape index (κ2) is 11.8. The fourth-order valence-corrected chi connectivity index (χ4v) is 3.65. The summed E-state index contributed by atoms with van der Waals surface area (Å²) in [5.41, 5.74) is 2.65. The zero-order valence-corrected chi connectivity index (χ0v) is 18.2. The number of aliphatic hydroxyl groups excluding tert-OH is 1. The normalized spacial score (nSPS) is 12.0. The van der Waals surface area contributed by atoms with Crippen molar-refractivity contribution in [2.45, 2.75) is 31.8 Å². The van der Waals surface area contributed by atoms with Gasteiger partial charge in [-0.25, -0.2) is 0 Å². The smallest absolute Gasteiger partial charge is 0.122 e. The third-order valence-corrected chi connectivity index (χ3v) is 5.00. The molecule has 0 aliphatic heterocycles. The maximum atomic E-state index is 10.0. The molecule has 0 aromatic heterocycles. The molecular formula is C25H32ClNO2. The number of rotatable bonds is 10. The first-order valence-electron chi connectivity index (χ1n) is 10.1. The standard InChI is InChI=1S/C25H31NO2.ClH/c1-26(2)18-23(27)19-28-25-17-8-6-13-22(25)12-4-3-10-20-14-9-15-21-11-5-7-16-24(20)21;/h5-9,11,13-17,23,27H,3-4,10,12,18-19H2,1-2H3;1H. The lowest BCUT2D eigenvalue weighted by atomic mass is 9.98. The number of hydrogen-bond acceptors (Lipinski definition) is 3. The molecular weight excluding hydrogens is 382 g/mol. The highest BCUT2D eigenvalue weighted by atomic mass is 35.5. The van der Waals surface area contributed by atoms with Gasteiger partial charge in [0.2, 0.25) is 0 Å². The highest BCUT2D eigenvalue weighted by Crippen LogP contribution is 2.23.